The molecule has 4 nitrogen and oxygen atoms in total. The molecule has 1 saturated carbocycles. The van der Waals surface area contributed by atoms with E-state index >= 15 is 0 Å². The minimum Gasteiger partial charge on any atom is -0.389 e. The van der Waals surface area contributed by atoms with Gasteiger partial charge in [-0.15, -0.1) is 11.3 Å². The molecule has 0 spiro atoms. The molecule has 2 aliphatic rings. The summed E-state index contributed by atoms with van der Waals surface area (Å²) in [5.41, 5.74) is 1.12. The van der Waals surface area contributed by atoms with E-state index in [1.54, 1.807) is 4.90 Å². The summed E-state index contributed by atoms with van der Waals surface area (Å²) in [6.07, 6.45) is 3.94. The fourth-order valence-electron chi connectivity index (χ4n) is 3.70. The standard InChI is InChI=1S/C16H24N2O2S/c1-11-9-14(21-10-11)16(20)17(2)12-5-6-13(15(12)19)18-7-3-4-8-18/h9-10,12-13,15,19H,3-8H2,1-2H3/t12-,13-,15-/m1/s1. The van der Waals surface area contributed by atoms with Gasteiger partial charge >= 0.3 is 0 Å². The van der Waals surface area contributed by atoms with Gasteiger partial charge in [-0.2, -0.15) is 0 Å². The van der Waals surface area contributed by atoms with Crippen molar-refractivity contribution in [3.05, 3.63) is 21.9 Å². The molecule has 1 aromatic rings. The van der Waals surface area contributed by atoms with Crippen molar-refractivity contribution in [2.24, 2.45) is 0 Å². The lowest BCUT2D eigenvalue weighted by atomic mass is 10.1. The van der Waals surface area contributed by atoms with Crippen LogP contribution in [0.2, 0.25) is 0 Å². The van der Waals surface area contributed by atoms with E-state index in [-0.39, 0.29) is 18.0 Å². The fraction of sp³-hybridized carbons (Fsp3) is 0.688. The van der Waals surface area contributed by atoms with Gasteiger partial charge in [0.15, 0.2) is 0 Å². The van der Waals surface area contributed by atoms with Gasteiger partial charge in [-0.3, -0.25) is 9.69 Å². The Morgan fingerprint density at radius 2 is 2.10 bits per heavy atom. The maximum atomic E-state index is 12.5. The molecule has 1 aliphatic heterocycles. The van der Waals surface area contributed by atoms with Crippen molar-refractivity contribution in [3.63, 3.8) is 0 Å². The van der Waals surface area contributed by atoms with Crippen LogP contribution in [0.5, 0.6) is 0 Å². The molecule has 5 heteroatoms. The molecule has 0 radical (unpaired) electrons. The number of hydrogen-bond acceptors (Lipinski definition) is 4. The number of aliphatic hydroxyl groups is 1. The Kier molecular flexibility index (Phi) is 4.33. The first-order valence-electron chi connectivity index (χ1n) is 7.82. The minimum absolute atomic E-state index is 0.0409. The number of nitrogens with zero attached hydrogens (tertiary/aromatic N) is 2. The molecule has 0 unspecified atom stereocenters. The molecule has 3 rings (SSSR count). The topological polar surface area (TPSA) is 43.8 Å². The van der Waals surface area contributed by atoms with Gasteiger partial charge in [-0.1, -0.05) is 0 Å². The third-order valence-corrected chi connectivity index (χ3v) is 5.95. The summed E-state index contributed by atoms with van der Waals surface area (Å²) < 4.78 is 0. The highest BCUT2D eigenvalue weighted by molar-refractivity contribution is 7.12. The van der Waals surface area contributed by atoms with Crippen LogP contribution < -0.4 is 0 Å². The minimum atomic E-state index is -0.418. The van der Waals surface area contributed by atoms with E-state index in [9.17, 15) is 9.90 Å². The van der Waals surface area contributed by atoms with Crippen LogP contribution in [0.4, 0.5) is 0 Å². The third-order valence-electron chi connectivity index (χ3n) is 4.92. The molecule has 1 aliphatic carbocycles. The molecule has 1 N–H and O–H groups in total. The molecular weight excluding hydrogens is 284 g/mol. The molecule has 0 aromatic carbocycles. The summed E-state index contributed by atoms with van der Waals surface area (Å²) in [4.78, 5) is 17.5. The smallest absolute Gasteiger partial charge is 0.264 e. The lowest BCUT2D eigenvalue weighted by molar-refractivity contribution is 0.0298. The molecule has 2 heterocycles. The van der Waals surface area contributed by atoms with Crippen molar-refractivity contribution >= 4 is 17.2 Å². The first-order chi connectivity index (χ1) is 10.1. The van der Waals surface area contributed by atoms with E-state index < -0.39 is 6.10 Å². The van der Waals surface area contributed by atoms with Crippen LogP contribution in [0.3, 0.4) is 0 Å². The van der Waals surface area contributed by atoms with Crippen LogP contribution in [-0.2, 0) is 0 Å². The van der Waals surface area contributed by atoms with Crippen LogP contribution >= 0.6 is 11.3 Å². The number of amides is 1. The Labute approximate surface area is 130 Å². The monoisotopic (exact) mass is 308 g/mol. The number of aryl methyl sites for hydroxylation is 1. The second-order valence-electron chi connectivity index (χ2n) is 6.35. The number of hydrogen-bond donors (Lipinski definition) is 1. The molecule has 2 fully saturated rings. The van der Waals surface area contributed by atoms with E-state index in [4.69, 9.17) is 0 Å². The zero-order chi connectivity index (χ0) is 15.0. The van der Waals surface area contributed by atoms with Crippen LogP contribution in [0.25, 0.3) is 0 Å². The van der Waals surface area contributed by atoms with E-state index in [2.05, 4.69) is 4.90 Å². The average Bonchev–Trinajstić information content (AvgIpc) is 3.17. The van der Waals surface area contributed by atoms with Crippen molar-refractivity contribution in [3.8, 4) is 0 Å². The molecular formula is C16H24N2O2S. The van der Waals surface area contributed by atoms with E-state index in [0.717, 1.165) is 36.4 Å². The molecule has 21 heavy (non-hydrogen) atoms. The zero-order valence-electron chi connectivity index (χ0n) is 12.8. The van der Waals surface area contributed by atoms with Gasteiger partial charge in [0.2, 0.25) is 0 Å². The zero-order valence-corrected chi connectivity index (χ0v) is 13.6. The highest BCUT2D eigenvalue weighted by atomic mass is 32.1. The average molecular weight is 308 g/mol. The predicted octanol–water partition coefficient (Wildman–Crippen LogP) is 2.12. The Bertz CT molecular complexity index is 510. The quantitative estimate of drug-likeness (QED) is 0.930. The SMILES string of the molecule is Cc1csc(C(=O)N(C)[C@@H]2CC[C@@H](N3CCCC3)[C@@H]2O)c1. The molecule has 1 saturated heterocycles. The third kappa shape index (κ3) is 2.87. The normalized spacial score (nSPS) is 30.0. The van der Waals surface area contributed by atoms with E-state index in [0.29, 0.717) is 0 Å². The van der Waals surface area contributed by atoms with Gasteiger partial charge in [0.1, 0.15) is 0 Å². The number of likely N-dealkylation sites (tertiary alicyclic amines) is 1. The highest BCUT2D eigenvalue weighted by Gasteiger charge is 2.42. The first kappa shape index (κ1) is 15.0. The molecule has 1 aromatic heterocycles. The van der Waals surface area contributed by atoms with Gasteiger partial charge in [-0.25, -0.2) is 0 Å². The van der Waals surface area contributed by atoms with Crippen molar-refractivity contribution in [2.45, 2.75) is 50.8 Å². The Hall–Kier alpha value is -0.910. The summed E-state index contributed by atoms with van der Waals surface area (Å²) in [6, 6.07) is 2.12. The van der Waals surface area contributed by atoms with Crippen LogP contribution in [0.15, 0.2) is 11.4 Å². The highest BCUT2D eigenvalue weighted by Crippen LogP contribution is 2.31. The fourth-order valence-corrected chi connectivity index (χ4v) is 4.58. The molecule has 0 bridgehead atoms. The number of aliphatic hydroxyl groups excluding tert-OH is 1. The number of likely N-dealkylation sites (N-methyl/N-ethyl adjacent to an activating group) is 1. The van der Waals surface area contributed by atoms with Gasteiger partial charge in [0.25, 0.3) is 5.91 Å². The second-order valence-corrected chi connectivity index (χ2v) is 7.26. The number of carbonyl (C=O) groups excluding carboxylic acids is 1. The van der Waals surface area contributed by atoms with Crippen molar-refractivity contribution in [2.75, 3.05) is 20.1 Å². The van der Waals surface area contributed by atoms with Crippen molar-refractivity contribution in [1.29, 1.82) is 0 Å². The Morgan fingerprint density at radius 3 is 2.71 bits per heavy atom. The summed E-state index contributed by atoms with van der Waals surface area (Å²) >= 11 is 1.49. The first-order valence-corrected chi connectivity index (χ1v) is 8.70. The maximum absolute atomic E-state index is 12.5. The van der Waals surface area contributed by atoms with E-state index in [1.165, 1.54) is 24.2 Å². The number of rotatable bonds is 3. The van der Waals surface area contributed by atoms with Gasteiger partial charge in [0.05, 0.1) is 17.0 Å². The predicted molar refractivity (Wildman–Crippen MR) is 84.8 cm³/mol. The Balaban J connectivity index is 1.67. The number of carbonyl (C=O) groups is 1. The van der Waals surface area contributed by atoms with E-state index in [1.807, 2.05) is 25.4 Å². The summed E-state index contributed by atoms with van der Waals surface area (Å²) in [5, 5.41) is 12.6. The largest absolute Gasteiger partial charge is 0.389 e. The van der Waals surface area contributed by atoms with Crippen molar-refractivity contribution < 1.29 is 9.90 Å². The Morgan fingerprint density at radius 1 is 1.38 bits per heavy atom. The second kappa shape index (κ2) is 6.07. The molecule has 3 atom stereocenters. The summed E-state index contributed by atoms with van der Waals surface area (Å²) in [5.74, 6) is 0.0409. The van der Waals surface area contributed by atoms with Gasteiger partial charge in [-0.05, 0) is 62.7 Å². The van der Waals surface area contributed by atoms with Gasteiger partial charge < -0.3 is 10.0 Å². The lowest BCUT2D eigenvalue weighted by Crippen LogP contribution is -2.48. The summed E-state index contributed by atoms with van der Waals surface area (Å²) in [7, 11) is 1.83. The lowest BCUT2D eigenvalue weighted by Gasteiger charge is -2.31. The van der Waals surface area contributed by atoms with Crippen LogP contribution in [0.1, 0.15) is 40.9 Å². The molecule has 116 valence electrons. The van der Waals surface area contributed by atoms with Crippen LogP contribution in [0, 0.1) is 6.92 Å². The van der Waals surface area contributed by atoms with Crippen molar-refractivity contribution in [1.82, 2.24) is 9.80 Å². The van der Waals surface area contributed by atoms with Gasteiger partial charge in [0, 0.05) is 13.1 Å². The summed E-state index contributed by atoms with van der Waals surface area (Å²) in [6.45, 7) is 4.19. The molecule has 1 amide bonds. The maximum Gasteiger partial charge on any atom is 0.264 e. The number of thiophene rings is 1. The van der Waals surface area contributed by atoms with Crippen LogP contribution in [-0.4, -0.2) is 59.1 Å².